The van der Waals surface area contributed by atoms with Crippen molar-refractivity contribution in [2.75, 3.05) is 20.1 Å². The number of primary amides is 1. The molecule has 1 aromatic rings. The van der Waals surface area contributed by atoms with Crippen LogP contribution in [0.4, 0.5) is 0 Å². The first kappa shape index (κ1) is 12.1. The van der Waals surface area contributed by atoms with Gasteiger partial charge in [0.25, 0.3) is 0 Å². The average molecular weight is 232 g/mol. The number of rotatable bonds is 3. The summed E-state index contributed by atoms with van der Waals surface area (Å²) in [6, 6.07) is 10.3. The number of carbonyl (C=O) groups excluding carboxylic acids is 1. The highest BCUT2D eigenvalue weighted by Crippen LogP contribution is 2.38. The number of benzene rings is 1. The molecule has 0 radical (unpaired) electrons. The van der Waals surface area contributed by atoms with Gasteiger partial charge in [0, 0.05) is 11.8 Å². The number of hydrogen-bond donors (Lipinski definition) is 1. The van der Waals surface area contributed by atoms with E-state index < -0.39 is 0 Å². The molecule has 17 heavy (non-hydrogen) atoms. The molecule has 0 bridgehead atoms. The predicted molar refractivity (Wildman–Crippen MR) is 68.7 cm³/mol. The lowest BCUT2D eigenvalue weighted by molar-refractivity contribution is -0.119. The third-order valence-corrected chi connectivity index (χ3v) is 3.84. The van der Waals surface area contributed by atoms with Gasteiger partial charge in [0.1, 0.15) is 0 Å². The summed E-state index contributed by atoms with van der Waals surface area (Å²) >= 11 is 0. The zero-order valence-electron chi connectivity index (χ0n) is 10.4. The number of carbonyl (C=O) groups is 1. The van der Waals surface area contributed by atoms with Crippen LogP contribution < -0.4 is 5.73 Å². The maximum atomic E-state index is 11.3. The molecule has 1 amide bonds. The molecule has 3 nitrogen and oxygen atoms in total. The highest BCUT2D eigenvalue weighted by Gasteiger charge is 2.36. The number of hydrogen-bond acceptors (Lipinski definition) is 2. The van der Waals surface area contributed by atoms with Crippen molar-refractivity contribution in [3.63, 3.8) is 0 Å². The monoisotopic (exact) mass is 232 g/mol. The summed E-state index contributed by atoms with van der Waals surface area (Å²) in [7, 11) is 2.12. The second-order valence-electron chi connectivity index (χ2n) is 5.09. The van der Waals surface area contributed by atoms with E-state index in [1.165, 1.54) is 5.56 Å². The van der Waals surface area contributed by atoms with Crippen LogP contribution in [0, 0.1) is 0 Å². The molecule has 1 aromatic carbocycles. The van der Waals surface area contributed by atoms with Crippen molar-refractivity contribution >= 4 is 5.91 Å². The molecule has 1 saturated heterocycles. The SMILES string of the molecule is CN1CCC(CC(N)=O)(c2ccccc2)CC1. The molecule has 0 aliphatic carbocycles. The van der Waals surface area contributed by atoms with E-state index in [-0.39, 0.29) is 11.3 Å². The lowest BCUT2D eigenvalue weighted by Gasteiger charge is -2.40. The predicted octanol–water partition coefficient (Wildman–Crippen LogP) is 1.53. The van der Waals surface area contributed by atoms with E-state index >= 15 is 0 Å². The van der Waals surface area contributed by atoms with Gasteiger partial charge in [-0.3, -0.25) is 4.79 Å². The van der Waals surface area contributed by atoms with Crippen LogP contribution in [0.5, 0.6) is 0 Å². The second-order valence-corrected chi connectivity index (χ2v) is 5.09. The van der Waals surface area contributed by atoms with Gasteiger partial charge < -0.3 is 10.6 Å². The first-order valence-electron chi connectivity index (χ1n) is 6.15. The molecular weight excluding hydrogens is 212 g/mol. The van der Waals surface area contributed by atoms with Crippen LogP contribution in [-0.4, -0.2) is 30.9 Å². The Bertz CT molecular complexity index is 380. The maximum absolute atomic E-state index is 11.3. The highest BCUT2D eigenvalue weighted by molar-refractivity contribution is 5.75. The van der Waals surface area contributed by atoms with Gasteiger partial charge >= 0.3 is 0 Å². The average Bonchev–Trinajstić information content (AvgIpc) is 2.33. The summed E-state index contributed by atoms with van der Waals surface area (Å²) in [6.45, 7) is 2.06. The summed E-state index contributed by atoms with van der Waals surface area (Å²) in [5, 5.41) is 0. The van der Waals surface area contributed by atoms with Crippen molar-refractivity contribution in [2.24, 2.45) is 5.73 Å². The Hall–Kier alpha value is -1.35. The lowest BCUT2D eigenvalue weighted by Crippen LogP contribution is -2.43. The molecule has 1 fully saturated rings. The van der Waals surface area contributed by atoms with E-state index in [2.05, 4.69) is 24.1 Å². The Labute approximate surface area is 103 Å². The number of likely N-dealkylation sites (tertiary alicyclic amines) is 1. The van der Waals surface area contributed by atoms with Crippen LogP contribution in [0.25, 0.3) is 0 Å². The summed E-state index contributed by atoms with van der Waals surface area (Å²) in [4.78, 5) is 13.6. The van der Waals surface area contributed by atoms with Crippen molar-refractivity contribution in [3.8, 4) is 0 Å². The van der Waals surface area contributed by atoms with Gasteiger partial charge in [-0.05, 0) is 38.5 Å². The molecule has 0 atom stereocenters. The molecule has 0 unspecified atom stereocenters. The minimum atomic E-state index is -0.196. The molecule has 92 valence electrons. The van der Waals surface area contributed by atoms with E-state index in [1.807, 2.05) is 18.2 Å². The number of nitrogens with zero attached hydrogens (tertiary/aromatic N) is 1. The maximum Gasteiger partial charge on any atom is 0.218 e. The minimum Gasteiger partial charge on any atom is -0.370 e. The smallest absolute Gasteiger partial charge is 0.218 e. The Kier molecular flexibility index (Phi) is 3.48. The van der Waals surface area contributed by atoms with Crippen molar-refractivity contribution in [1.82, 2.24) is 4.90 Å². The van der Waals surface area contributed by atoms with Crippen molar-refractivity contribution in [2.45, 2.75) is 24.7 Å². The fourth-order valence-corrected chi connectivity index (χ4v) is 2.74. The molecule has 1 aliphatic heterocycles. The van der Waals surface area contributed by atoms with Crippen LogP contribution in [0.15, 0.2) is 30.3 Å². The van der Waals surface area contributed by atoms with Crippen LogP contribution in [0.2, 0.25) is 0 Å². The van der Waals surface area contributed by atoms with Gasteiger partial charge in [0.2, 0.25) is 5.91 Å². The van der Waals surface area contributed by atoms with E-state index in [4.69, 9.17) is 5.73 Å². The van der Waals surface area contributed by atoms with Gasteiger partial charge in [-0.2, -0.15) is 0 Å². The van der Waals surface area contributed by atoms with Gasteiger partial charge in [0.15, 0.2) is 0 Å². The Morgan fingerprint density at radius 2 is 1.88 bits per heavy atom. The van der Waals surface area contributed by atoms with Crippen LogP contribution in [0.3, 0.4) is 0 Å². The molecule has 1 aliphatic rings. The topological polar surface area (TPSA) is 46.3 Å². The first-order chi connectivity index (χ1) is 8.12. The fourth-order valence-electron chi connectivity index (χ4n) is 2.74. The van der Waals surface area contributed by atoms with Crippen LogP contribution >= 0.6 is 0 Å². The van der Waals surface area contributed by atoms with Gasteiger partial charge in [-0.15, -0.1) is 0 Å². The van der Waals surface area contributed by atoms with Crippen LogP contribution in [0.1, 0.15) is 24.8 Å². The molecule has 3 heteroatoms. The number of piperidine rings is 1. The molecule has 0 saturated carbocycles. The van der Waals surface area contributed by atoms with Gasteiger partial charge in [0.05, 0.1) is 0 Å². The largest absolute Gasteiger partial charge is 0.370 e. The van der Waals surface area contributed by atoms with E-state index in [9.17, 15) is 4.79 Å². The fraction of sp³-hybridized carbons (Fsp3) is 0.500. The third kappa shape index (κ3) is 2.67. The first-order valence-corrected chi connectivity index (χ1v) is 6.15. The van der Waals surface area contributed by atoms with E-state index in [0.717, 1.165) is 25.9 Å². The highest BCUT2D eigenvalue weighted by atomic mass is 16.1. The standard InChI is InChI=1S/C14H20N2O/c1-16-9-7-14(8-10-16,11-13(15)17)12-5-3-2-4-6-12/h2-6H,7-11H2,1H3,(H2,15,17). The van der Waals surface area contributed by atoms with E-state index in [1.54, 1.807) is 0 Å². The molecule has 2 N–H and O–H groups in total. The Morgan fingerprint density at radius 1 is 1.29 bits per heavy atom. The van der Waals surface area contributed by atoms with E-state index in [0.29, 0.717) is 6.42 Å². The number of amides is 1. The summed E-state index contributed by atoms with van der Waals surface area (Å²) in [5.41, 5.74) is 6.64. The summed E-state index contributed by atoms with van der Waals surface area (Å²) in [5.74, 6) is -0.196. The molecule has 1 heterocycles. The third-order valence-electron chi connectivity index (χ3n) is 3.84. The summed E-state index contributed by atoms with van der Waals surface area (Å²) in [6.07, 6.45) is 2.48. The molecular formula is C14H20N2O. The van der Waals surface area contributed by atoms with Crippen LogP contribution in [-0.2, 0) is 10.2 Å². The van der Waals surface area contributed by atoms with Gasteiger partial charge in [-0.25, -0.2) is 0 Å². The molecule has 0 spiro atoms. The van der Waals surface area contributed by atoms with Gasteiger partial charge in [-0.1, -0.05) is 30.3 Å². The van der Waals surface area contributed by atoms with Crippen molar-refractivity contribution in [1.29, 1.82) is 0 Å². The molecule has 2 rings (SSSR count). The van der Waals surface area contributed by atoms with Crippen molar-refractivity contribution in [3.05, 3.63) is 35.9 Å². The molecule has 0 aromatic heterocycles. The normalized spacial score (nSPS) is 20.1. The summed E-state index contributed by atoms with van der Waals surface area (Å²) < 4.78 is 0. The Morgan fingerprint density at radius 3 is 2.41 bits per heavy atom. The second kappa shape index (κ2) is 4.88. The number of nitrogens with two attached hydrogens (primary N) is 1. The quantitative estimate of drug-likeness (QED) is 0.859. The lowest BCUT2D eigenvalue weighted by atomic mass is 9.70. The zero-order valence-corrected chi connectivity index (χ0v) is 10.4. The zero-order chi connectivity index (χ0) is 12.3. The Balaban J connectivity index is 2.27. The van der Waals surface area contributed by atoms with Crippen molar-refractivity contribution < 1.29 is 4.79 Å². The minimum absolute atomic E-state index is 0.0421.